The topological polar surface area (TPSA) is 64.6 Å². The molecule has 1 aliphatic heterocycles. The highest BCUT2D eigenvalue weighted by Crippen LogP contribution is 2.23. The predicted molar refractivity (Wildman–Crippen MR) is 92.1 cm³/mol. The molecular weight excluding hydrogens is 290 g/mol. The lowest BCUT2D eigenvalue weighted by molar-refractivity contribution is 0.0975. The van der Waals surface area contributed by atoms with Gasteiger partial charge in [0.1, 0.15) is 0 Å². The van der Waals surface area contributed by atoms with E-state index in [0.717, 1.165) is 19.6 Å². The summed E-state index contributed by atoms with van der Waals surface area (Å²) in [7, 11) is 0. The lowest BCUT2D eigenvalue weighted by Crippen LogP contribution is -2.57. The van der Waals surface area contributed by atoms with E-state index in [-0.39, 0.29) is 24.7 Å². The number of carbonyl (C=O) groups excluding carboxylic acids is 1. The van der Waals surface area contributed by atoms with Crippen LogP contribution in [0.4, 0.5) is 4.79 Å². The molecule has 1 fully saturated rings. The third-order valence-corrected chi connectivity index (χ3v) is 4.52. The van der Waals surface area contributed by atoms with Crippen molar-refractivity contribution in [2.45, 2.75) is 39.4 Å². The summed E-state index contributed by atoms with van der Waals surface area (Å²) in [5, 5.41) is 14.9. The van der Waals surface area contributed by atoms with E-state index in [1.807, 2.05) is 6.07 Å². The SMILES string of the molecule is CC(CO)NC(=O)NC1C(C)CN(Cc2ccccc2)CC1C. The molecule has 1 saturated heterocycles. The van der Waals surface area contributed by atoms with Gasteiger partial charge in [0.15, 0.2) is 0 Å². The molecule has 3 N–H and O–H groups in total. The summed E-state index contributed by atoms with van der Waals surface area (Å²) in [6.07, 6.45) is 0. The predicted octanol–water partition coefficient (Wildman–Crippen LogP) is 1.82. The monoisotopic (exact) mass is 319 g/mol. The first-order valence-corrected chi connectivity index (χ1v) is 8.43. The molecule has 0 spiro atoms. The van der Waals surface area contributed by atoms with Crippen molar-refractivity contribution in [3.63, 3.8) is 0 Å². The van der Waals surface area contributed by atoms with Gasteiger partial charge >= 0.3 is 6.03 Å². The summed E-state index contributed by atoms with van der Waals surface area (Å²) in [4.78, 5) is 14.5. The van der Waals surface area contributed by atoms with E-state index in [9.17, 15) is 4.79 Å². The number of aliphatic hydroxyl groups excluding tert-OH is 1. The molecule has 3 atom stereocenters. The molecule has 128 valence electrons. The number of hydrogen-bond donors (Lipinski definition) is 3. The largest absolute Gasteiger partial charge is 0.394 e. The standard InChI is InChI=1S/C18H29N3O2/c1-13-9-21(11-16-7-5-4-6-8-16)10-14(2)17(13)20-18(23)19-15(3)12-22/h4-8,13-15,17,22H,9-12H2,1-3H3,(H2,19,20,23). The highest BCUT2D eigenvalue weighted by atomic mass is 16.3. The van der Waals surface area contributed by atoms with Crippen molar-refractivity contribution in [3.05, 3.63) is 35.9 Å². The maximum atomic E-state index is 12.0. The van der Waals surface area contributed by atoms with Crippen LogP contribution in [0.25, 0.3) is 0 Å². The van der Waals surface area contributed by atoms with Crippen LogP contribution in [-0.4, -0.2) is 47.8 Å². The third-order valence-electron chi connectivity index (χ3n) is 4.52. The quantitative estimate of drug-likeness (QED) is 0.776. The van der Waals surface area contributed by atoms with Gasteiger partial charge in [-0.15, -0.1) is 0 Å². The molecule has 5 heteroatoms. The second-order valence-electron chi connectivity index (χ2n) is 6.86. The van der Waals surface area contributed by atoms with Gasteiger partial charge in [-0.3, -0.25) is 4.90 Å². The second kappa shape index (κ2) is 8.31. The molecule has 2 rings (SSSR count). The van der Waals surface area contributed by atoms with Crippen molar-refractivity contribution in [3.8, 4) is 0 Å². The lowest BCUT2D eigenvalue weighted by Gasteiger charge is -2.41. The Morgan fingerprint density at radius 2 is 1.87 bits per heavy atom. The van der Waals surface area contributed by atoms with Gasteiger partial charge in [-0.25, -0.2) is 4.79 Å². The minimum Gasteiger partial charge on any atom is -0.394 e. The molecule has 0 bridgehead atoms. The van der Waals surface area contributed by atoms with Crippen molar-refractivity contribution in [2.24, 2.45) is 11.8 Å². The Kier molecular flexibility index (Phi) is 6.42. The maximum Gasteiger partial charge on any atom is 0.315 e. The van der Waals surface area contributed by atoms with Crippen molar-refractivity contribution in [1.29, 1.82) is 0 Å². The Hall–Kier alpha value is -1.59. The molecule has 1 aromatic carbocycles. The van der Waals surface area contributed by atoms with Crippen LogP contribution in [0, 0.1) is 11.8 Å². The van der Waals surface area contributed by atoms with E-state index in [1.165, 1.54) is 5.56 Å². The van der Waals surface area contributed by atoms with Crippen LogP contribution < -0.4 is 10.6 Å². The van der Waals surface area contributed by atoms with Gasteiger partial charge < -0.3 is 15.7 Å². The van der Waals surface area contributed by atoms with Crippen LogP contribution in [0.2, 0.25) is 0 Å². The first-order valence-electron chi connectivity index (χ1n) is 8.43. The number of amides is 2. The minimum absolute atomic E-state index is 0.0476. The fourth-order valence-electron chi connectivity index (χ4n) is 3.39. The number of piperidine rings is 1. The maximum absolute atomic E-state index is 12.0. The number of likely N-dealkylation sites (tertiary alicyclic amines) is 1. The number of hydrogen-bond acceptors (Lipinski definition) is 3. The molecule has 0 saturated carbocycles. The second-order valence-corrected chi connectivity index (χ2v) is 6.86. The van der Waals surface area contributed by atoms with E-state index in [0.29, 0.717) is 11.8 Å². The highest BCUT2D eigenvalue weighted by Gasteiger charge is 2.32. The molecule has 0 aliphatic carbocycles. The molecule has 1 aromatic rings. The van der Waals surface area contributed by atoms with Crippen molar-refractivity contribution in [1.82, 2.24) is 15.5 Å². The summed E-state index contributed by atoms with van der Waals surface area (Å²) >= 11 is 0. The molecule has 1 heterocycles. The zero-order valence-electron chi connectivity index (χ0n) is 14.3. The molecule has 3 unspecified atom stereocenters. The van der Waals surface area contributed by atoms with Gasteiger partial charge in [0, 0.05) is 25.7 Å². The molecule has 5 nitrogen and oxygen atoms in total. The Morgan fingerprint density at radius 3 is 2.43 bits per heavy atom. The number of carbonyl (C=O) groups is 1. The lowest BCUT2D eigenvalue weighted by atomic mass is 9.85. The van der Waals surface area contributed by atoms with Gasteiger partial charge in [-0.2, -0.15) is 0 Å². The Morgan fingerprint density at radius 1 is 1.26 bits per heavy atom. The average Bonchev–Trinajstić information content (AvgIpc) is 2.52. The van der Waals surface area contributed by atoms with E-state index in [1.54, 1.807) is 6.92 Å². The summed E-state index contributed by atoms with van der Waals surface area (Å²) in [5.74, 6) is 0.773. The number of aliphatic hydroxyl groups is 1. The third kappa shape index (κ3) is 5.22. The highest BCUT2D eigenvalue weighted by molar-refractivity contribution is 5.74. The first kappa shape index (κ1) is 17.8. The van der Waals surface area contributed by atoms with E-state index < -0.39 is 0 Å². The zero-order chi connectivity index (χ0) is 16.8. The van der Waals surface area contributed by atoms with Crippen LogP contribution in [0.3, 0.4) is 0 Å². The number of nitrogens with zero attached hydrogens (tertiary/aromatic N) is 1. The average molecular weight is 319 g/mol. The zero-order valence-corrected chi connectivity index (χ0v) is 14.3. The van der Waals surface area contributed by atoms with E-state index >= 15 is 0 Å². The molecule has 0 radical (unpaired) electrons. The summed E-state index contributed by atoms with van der Waals surface area (Å²) in [6, 6.07) is 10.2. The molecular formula is C18H29N3O2. The molecule has 0 aromatic heterocycles. The number of benzene rings is 1. The Labute approximate surface area is 139 Å². The Balaban J connectivity index is 1.88. The Bertz CT molecular complexity index is 482. The van der Waals surface area contributed by atoms with Crippen molar-refractivity contribution >= 4 is 6.03 Å². The van der Waals surface area contributed by atoms with Crippen LogP contribution in [0.1, 0.15) is 26.3 Å². The number of urea groups is 1. The molecule has 1 aliphatic rings. The minimum atomic E-state index is -0.223. The fraction of sp³-hybridized carbons (Fsp3) is 0.611. The van der Waals surface area contributed by atoms with Gasteiger partial charge in [-0.05, 0) is 24.3 Å². The van der Waals surface area contributed by atoms with Crippen LogP contribution in [-0.2, 0) is 6.54 Å². The summed E-state index contributed by atoms with van der Waals surface area (Å²) in [6.45, 7) is 9.01. The van der Waals surface area contributed by atoms with Crippen LogP contribution >= 0.6 is 0 Å². The number of rotatable bonds is 5. The molecule has 2 amide bonds. The van der Waals surface area contributed by atoms with E-state index in [4.69, 9.17) is 5.11 Å². The normalized spacial score (nSPS) is 26.5. The van der Waals surface area contributed by atoms with Gasteiger partial charge in [0.25, 0.3) is 0 Å². The van der Waals surface area contributed by atoms with Crippen LogP contribution in [0.15, 0.2) is 30.3 Å². The van der Waals surface area contributed by atoms with Gasteiger partial charge in [0.2, 0.25) is 0 Å². The smallest absolute Gasteiger partial charge is 0.315 e. The van der Waals surface area contributed by atoms with Gasteiger partial charge in [-0.1, -0.05) is 44.2 Å². The summed E-state index contributed by atoms with van der Waals surface area (Å²) in [5.41, 5.74) is 1.33. The van der Waals surface area contributed by atoms with Crippen LogP contribution in [0.5, 0.6) is 0 Å². The van der Waals surface area contributed by atoms with Crippen molar-refractivity contribution < 1.29 is 9.90 Å². The van der Waals surface area contributed by atoms with E-state index in [2.05, 4.69) is 53.6 Å². The van der Waals surface area contributed by atoms with Crippen molar-refractivity contribution in [2.75, 3.05) is 19.7 Å². The fourth-order valence-corrected chi connectivity index (χ4v) is 3.39. The summed E-state index contributed by atoms with van der Waals surface area (Å²) < 4.78 is 0. The molecule has 23 heavy (non-hydrogen) atoms. The first-order chi connectivity index (χ1) is 11.0. The number of nitrogens with one attached hydrogen (secondary N) is 2. The van der Waals surface area contributed by atoms with Gasteiger partial charge in [0.05, 0.1) is 12.6 Å².